The van der Waals surface area contributed by atoms with Crippen molar-refractivity contribution in [3.63, 3.8) is 0 Å². The number of carboxylic acids is 1. The SMILES string of the molecule is C=CCCC(NC(=O)C(C)(C)c1ccc(Cl)cc1)C(=O)O. The molecule has 1 atom stereocenters. The maximum absolute atomic E-state index is 12.4. The van der Waals surface area contributed by atoms with Crippen molar-refractivity contribution in [3.05, 3.63) is 47.5 Å². The number of carbonyl (C=O) groups is 2. The fourth-order valence-electron chi connectivity index (χ4n) is 1.88. The second-order valence-corrected chi connectivity index (χ2v) is 5.80. The average Bonchev–Trinajstić information content (AvgIpc) is 2.43. The van der Waals surface area contributed by atoms with E-state index in [9.17, 15) is 9.59 Å². The van der Waals surface area contributed by atoms with Crippen molar-refractivity contribution in [1.82, 2.24) is 5.32 Å². The summed E-state index contributed by atoms with van der Waals surface area (Å²) in [6, 6.07) is 6.03. The van der Waals surface area contributed by atoms with Crippen molar-refractivity contribution in [2.45, 2.75) is 38.1 Å². The molecule has 0 bridgehead atoms. The first-order valence-corrected chi connectivity index (χ1v) is 7.07. The number of carboxylic acid groups (broad SMARTS) is 1. The molecule has 0 spiro atoms. The molecule has 0 aromatic heterocycles. The first-order valence-electron chi connectivity index (χ1n) is 6.69. The Balaban J connectivity index is 2.86. The molecule has 1 aromatic carbocycles. The number of allylic oxidation sites excluding steroid dienone is 1. The van der Waals surface area contributed by atoms with Crippen LogP contribution in [0.4, 0.5) is 0 Å². The maximum atomic E-state index is 12.4. The number of nitrogens with one attached hydrogen (secondary N) is 1. The van der Waals surface area contributed by atoms with Gasteiger partial charge < -0.3 is 10.4 Å². The highest BCUT2D eigenvalue weighted by Crippen LogP contribution is 2.25. The van der Waals surface area contributed by atoms with Gasteiger partial charge in [-0.3, -0.25) is 4.79 Å². The molecule has 0 saturated carbocycles. The first-order chi connectivity index (χ1) is 9.78. The molecule has 0 aliphatic carbocycles. The molecule has 0 radical (unpaired) electrons. The molecule has 0 fully saturated rings. The van der Waals surface area contributed by atoms with Gasteiger partial charge in [-0.05, 0) is 44.4 Å². The lowest BCUT2D eigenvalue weighted by atomic mass is 9.83. The molecule has 1 amide bonds. The predicted octanol–water partition coefficient (Wildman–Crippen LogP) is 3.15. The molecule has 5 heteroatoms. The molecule has 2 N–H and O–H groups in total. The number of amides is 1. The molecule has 21 heavy (non-hydrogen) atoms. The minimum absolute atomic E-state index is 0.321. The van der Waals surface area contributed by atoms with Gasteiger partial charge in [0.15, 0.2) is 0 Å². The Morgan fingerprint density at radius 2 is 1.95 bits per heavy atom. The fraction of sp³-hybridized carbons (Fsp3) is 0.375. The van der Waals surface area contributed by atoms with E-state index in [0.29, 0.717) is 17.9 Å². The van der Waals surface area contributed by atoms with E-state index in [0.717, 1.165) is 5.56 Å². The minimum Gasteiger partial charge on any atom is -0.480 e. The Kier molecular flexibility index (Phi) is 5.97. The van der Waals surface area contributed by atoms with Crippen LogP contribution in [0, 0.1) is 0 Å². The lowest BCUT2D eigenvalue weighted by Crippen LogP contribution is -2.48. The van der Waals surface area contributed by atoms with Crippen LogP contribution in [-0.2, 0) is 15.0 Å². The van der Waals surface area contributed by atoms with Gasteiger partial charge in [0.25, 0.3) is 0 Å². The van der Waals surface area contributed by atoms with Gasteiger partial charge in [-0.2, -0.15) is 0 Å². The maximum Gasteiger partial charge on any atom is 0.326 e. The van der Waals surface area contributed by atoms with E-state index in [1.165, 1.54) is 0 Å². The van der Waals surface area contributed by atoms with Gasteiger partial charge >= 0.3 is 5.97 Å². The Bertz CT molecular complexity index is 523. The van der Waals surface area contributed by atoms with E-state index in [1.54, 1.807) is 44.2 Å². The third kappa shape index (κ3) is 4.60. The number of aliphatic carboxylic acids is 1. The van der Waals surface area contributed by atoms with Crippen molar-refractivity contribution in [2.75, 3.05) is 0 Å². The second kappa shape index (κ2) is 7.27. The summed E-state index contributed by atoms with van der Waals surface area (Å²) in [4.78, 5) is 23.6. The monoisotopic (exact) mass is 309 g/mol. The van der Waals surface area contributed by atoms with Crippen molar-refractivity contribution >= 4 is 23.5 Å². The van der Waals surface area contributed by atoms with Crippen molar-refractivity contribution in [3.8, 4) is 0 Å². The zero-order valence-corrected chi connectivity index (χ0v) is 13.0. The zero-order valence-electron chi connectivity index (χ0n) is 12.2. The summed E-state index contributed by atoms with van der Waals surface area (Å²) in [6.45, 7) is 7.05. The smallest absolute Gasteiger partial charge is 0.326 e. The standard InChI is InChI=1S/C16H20ClNO3/c1-4-5-6-13(14(19)20)18-15(21)16(2,3)11-7-9-12(17)10-8-11/h4,7-10,13H,1,5-6H2,2-3H3,(H,18,21)(H,19,20). The number of benzene rings is 1. The third-order valence-electron chi connectivity index (χ3n) is 3.40. The van der Waals surface area contributed by atoms with Crippen LogP contribution in [0.5, 0.6) is 0 Å². The number of rotatable bonds is 7. The second-order valence-electron chi connectivity index (χ2n) is 5.36. The zero-order chi connectivity index (χ0) is 16.0. The Labute approximate surface area is 129 Å². The Hall–Kier alpha value is -1.81. The lowest BCUT2D eigenvalue weighted by molar-refractivity contribution is -0.142. The number of carbonyl (C=O) groups excluding carboxylic acids is 1. The van der Waals surface area contributed by atoms with Crippen molar-refractivity contribution in [2.24, 2.45) is 0 Å². The summed E-state index contributed by atoms with van der Waals surface area (Å²) in [5, 5.41) is 12.3. The molecule has 0 saturated heterocycles. The van der Waals surface area contributed by atoms with E-state index in [1.807, 2.05) is 0 Å². The molecule has 0 aliphatic heterocycles. The lowest BCUT2D eigenvalue weighted by Gasteiger charge is -2.26. The molecule has 4 nitrogen and oxygen atoms in total. The molecule has 0 aliphatic rings. The summed E-state index contributed by atoms with van der Waals surface area (Å²) in [6.07, 6.45) is 2.48. The van der Waals surface area contributed by atoms with Gasteiger partial charge in [0.2, 0.25) is 5.91 Å². The topological polar surface area (TPSA) is 66.4 Å². The minimum atomic E-state index is -1.04. The van der Waals surface area contributed by atoms with Crippen LogP contribution in [-0.4, -0.2) is 23.0 Å². The van der Waals surface area contributed by atoms with Crippen LogP contribution in [0.25, 0.3) is 0 Å². The molecule has 1 aromatic rings. The summed E-state index contributed by atoms with van der Waals surface area (Å²) in [7, 11) is 0. The molecule has 1 unspecified atom stereocenters. The molecule has 114 valence electrons. The van der Waals surface area contributed by atoms with E-state index in [4.69, 9.17) is 16.7 Å². The van der Waals surface area contributed by atoms with Crippen LogP contribution in [0.2, 0.25) is 5.02 Å². The Morgan fingerprint density at radius 3 is 2.43 bits per heavy atom. The summed E-state index contributed by atoms with van der Waals surface area (Å²) in [5.41, 5.74) is -0.0656. The summed E-state index contributed by atoms with van der Waals surface area (Å²) >= 11 is 5.84. The van der Waals surface area contributed by atoms with E-state index in [2.05, 4.69) is 11.9 Å². The van der Waals surface area contributed by atoms with Gasteiger partial charge in [-0.1, -0.05) is 29.8 Å². The van der Waals surface area contributed by atoms with Gasteiger partial charge in [0.05, 0.1) is 5.41 Å². The quantitative estimate of drug-likeness (QED) is 0.760. The van der Waals surface area contributed by atoms with Crippen molar-refractivity contribution in [1.29, 1.82) is 0 Å². The highest BCUT2D eigenvalue weighted by molar-refractivity contribution is 6.30. The number of hydrogen-bond acceptors (Lipinski definition) is 2. The van der Waals surface area contributed by atoms with E-state index in [-0.39, 0.29) is 5.91 Å². The third-order valence-corrected chi connectivity index (χ3v) is 3.65. The van der Waals surface area contributed by atoms with Gasteiger partial charge in [-0.15, -0.1) is 6.58 Å². The van der Waals surface area contributed by atoms with E-state index >= 15 is 0 Å². The van der Waals surface area contributed by atoms with Crippen LogP contribution < -0.4 is 5.32 Å². The van der Waals surface area contributed by atoms with Crippen LogP contribution >= 0.6 is 11.6 Å². The number of halogens is 1. The van der Waals surface area contributed by atoms with Crippen LogP contribution in [0.15, 0.2) is 36.9 Å². The van der Waals surface area contributed by atoms with Crippen molar-refractivity contribution < 1.29 is 14.7 Å². The van der Waals surface area contributed by atoms with Gasteiger partial charge in [0.1, 0.15) is 6.04 Å². The molecular weight excluding hydrogens is 290 g/mol. The van der Waals surface area contributed by atoms with E-state index < -0.39 is 17.4 Å². The largest absolute Gasteiger partial charge is 0.480 e. The van der Waals surface area contributed by atoms with Crippen LogP contribution in [0.3, 0.4) is 0 Å². The van der Waals surface area contributed by atoms with Crippen LogP contribution in [0.1, 0.15) is 32.3 Å². The average molecular weight is 310 g/mol. The summed E-state index contributed by atoms with van der Waals surface area (Å²) in [5.74, 6) is -1.38. The van der Waals surface area contributed by atoms with Gasteiger partial charge in [-0.25, -0.2) is 4.79 Å². The normalized spacial score (nSPS) is 12.5. The first kappa shape index (κ1) is 17.2. The predicted molar refractivity (Wildman–Crippen MR) is 83.5 cm³/mol. The summed E-state index contributed by atoms with van der Waals surface area (Å²) < 4.78 is 0. The molecule has 0 heterocycles. The highest BCUT2D eigenvalue weighted by Gasteiger charge is 2.32. The molecule has 1 rings (SSSR count). The highest BCUT2D eigenvalue weighted by atomic mass is 35.5. The fourth-order valence-corrected chi connectivity index (χ4v) is 2.00. The number of hydrogen-bond donors (Lipinski definition) is 2. The van der Waals surface area contributed by atoms with Gasteiger partial charge in [0, 0.05) is 5.02 Å². The Morgan fingerprint density at radius 1 is 1.38 bits per heavy atom. The molecular formula is C16H20ClNO3.